The van der Waals surface area contributed by atoms with Gasteiger partial charge in [0.2, 0.25) is 11.8 Å². The summed E-state index contributed by atoms with van der Waals surface area (Å²) in [5.41, 5.74) is 1.79. The lowest BCUT2D eigenvalue weighted by Gasteiger charge is -2.33. The number of amides is 2. The molecule has 1 atom stereocenters. The molecule has 0 aliphatic rings. The van der Waals surface area contributed by atoms with Gasteiger partial charge < -0.3 is 15.0 Å². The van der Waals surface area contributed by atoms with Gasteiger partial charge in [0.15, 0.2) is 0 Å². The lowest BCUT2D eigenvalue weighted by atomic mass is 10.1. The van der Waals surface area contributed by atoms with E-state index in [0.717, 1.165) is 9.87 Å². The van der Waals surface area contributed by atoms with Crippen LogP contribution in [0.4, 0.5) is 5.69 Å². The summed E-state index contributed by atoms with van der Waals surface area (Å²) in [6, 6.07) is 19.1. The van der Waals surface area contributed by atoms with E-state index in [1.54, 1.807) is 67.6 Å². The standard InChI is InChI=1S/C28H32ClN3O5S/c1-5-26(28(34)30-3)31(18-21-9-6-7-12-25(21)29)27(33)19-32(22-10-8-11-23(17-22)37-4)38(35,36)24-15-13-20(2)14-16-24/h6-17,26H,5,18-19H2,1-4H3,(H,30,34)/t26-/m0/s1. The van der Waals surface area contributed by atoms with Crippen LogP contribution in [0.2, 0.25) is 5.02 Å². The number of anilines is 1. The van der Waals surface area contributed by atoms with Gasteiger partial charge in [0.1, 0.15) is 18.3 Å². The second kappa shape index (κ2) is 12.8. The second-order valence-electron chi connectivity index (χ2n) is 8.68. The van der Waals surface area contributed by atoms with Gasteiger partial charge in [0, 0.05) is 24.7 Å². The minimum atomic E-state index is -4.16. The first kappa shape index (κ1) is 29.0. The molecule has 0 fully saturated rings. The van der Waals surface area contributed by atoms with Gasteiger partial charge in [-0.1, -0.05) is 60.5 Å². The van der Waals surface area contributed by atoms with Crippen molar-refractivity contribution < 1.29 is 22.7 Å². The van der Waals surface area contributed by atoms with Crippen molar-refractivity contribution >= 4 is 39.1 Å². The van der Waals surface area contributed by atoms with Crippen LogP contribution in [0.3, 0.4) is 0 Å². The number of halogens is 1. The summed E-state index contributed by atoms with van der Waals surface area (Å²) in [4.78, 5) is 28.1. The Bertz CT molecular complexity index is 1380. The number of methoxy groups -OCH3 is 1. The third-order valence-corrected chi connectivity index (χ3v) is 8.32. The van der Waals surface area contributed by atoms with Crippen LogP contribution >= 0.6 is 11.6 Å². The van der Waals surface area contributed by atoms with Crippen molar-refractivity contribution in [2.45, 2.75) is 37.8 Å². The van der Waals surface area contributed by atoms with Crippen molar-refractivity contribution in [1.29, 1.82) is 0 Å². The fourth-order valence-electron chi connectivity index (χ4n) is 4.03. The summed E-state index contributed by atoms with van der Waals surface area (Å²) in [6.07, 6.45) is 0.319. The Balaban J connectivity index is 2.09. The fraction of sp³-hybridized carbons (Fsp3) is 0.286. The molecule has 202 valence electrons. The Kier molecular flexibility index (Phi) is 9.77. The van der Waals surface area contributed by atoms with Gasteiger partial charge in [0.05, 0.1) is 17.7 Å². The predicted octanol–water partition coefficient (Wildman–Crippen LogP) is 4.41. The molecular formula is C28H32ClN3O5S. The van der Waals surface area contributed by atoms with Crippen LogP contribution in [-0.4, -0.2) is 51.9 Å². The molecule has 10 heteroatoms. The Labute approximate surface area is 229 Å². The maximum atomic E-state index is 13.9. The van der Waals surface area contributed by atoms with Gasteiger partial charge >= 0.3 is 0 Å². The van der Waals surface area contributed by atoms with Gasteiger partial charge in [-0.25, -0.2) is 8.42 Å². The molecule has 38 heavy (non-hydrogen) atoms. The van der Waals surface area contributed by atoms with Crippen molar-refractivity contribution in [3.05, 3.63) is 88.9 Å². The summed E-state index contributed by atoms with van der Waals surface area (Å²) in [5.74, 6) is -0.482. The van der Waals surface area contributed by atoms with Gasteiger partial charge in [-0.15, -0.1) is 0 Å². The monoisotopic (exact) mass is 557 g/mol. The Morgan fingerprint density at radius 1 is 1.03 bits per heavy atom. The van der Waals surface area contributed by atoms with E-state index >= 15 is 0 Å². The maximum absolute atomic E-state index is 13.9. The summed E-state index contributed by atoms with van der Waals surface area (Å²) in [5, 5.41) is 3.04. The van der Waals surface area contributed by atoms with E-state index in [9.17, 15) is 18.0 Å². The third kappa shape index (κ3) is 6.65. The van der Waals surface area contributed by atoms with Crippen molar-refractivity contribution in [2.24, 2.45) is 0 Å². The van der Waals surface area contributed by atoms with Crippen molar-refractivity contribution in [1.82, 2.24) is 10.2 Å². The van der Waals surface area contributed by atoms with E-state index in [1.807, 2.05) is 6.92 Å². The molecule has 0 saturated carbocycles. The molecule has 0 spiro atoms. The van der Waals surface area contributed by atoms with Crippen molar-refractivity contribution in [2.75, 3.05) is 25.0 Å². The highest BCUT2D eigenvalue weighted by Gasteiger charge is 2.33. The Morgan fingerprint density at radius 2 is 1.71 bits per heavy atom. The molecule has 1 N–H and O–H groups in total. The molecule has 0 heterocycles. The minimum absolute atomic E-state index is 0.0287. The maximum Gasteiger partial charge on any atom is 0.264 e. The molecule has 0 bridgehead atoms. The Hall–Kier alpha value is -3.56. The summed E-state index contributed by atoms with van der Waals surface area (Å²) in [7, 11) is -1.19. The lowest BCUT2D eigenvalue weighted by molar-refractivity contribution is -0.140. The van der Waals surface area contributed by atoms with E-state index in [0.29, 0.717) is 22.8 Å². The van der Waals surface area contributed by atoms with Crippen molar-refractivity contribution in [3.63, 3.8) is 0 Å². The first-order valence-corrected chi connectivity index (χ1v) is 13.9. The molecule has 0 aliphatic heterocycles. The summed E-state index contributed by atoms with van der Waals surface area (Å²) in [6.45, 7) is 3.13. The van der Waals surface area contributed by atoms with Gasteiger partial charge in [0.25, 0.3) is 10.0 Å². The number of carbonyl (C=O) groups is 2. The normalized spacial score (nSPS) is 11.9. The van der Waals surface area contributed by atoms with E-state index in [4.69, 9.17) is 16.3 Å². The number of aryl methyl sites for hydroxylation is 1. The molecule has 3 aromatic carbocycles. The molecule has 0 radical (unpaired) electrons. The van der Waals surface area contributed by atoms with Gasteiger partial charge in [-0.2, -0.15) is 0 Å². The van der Waals surface area contributed by atoms with Crippen LogP contribution in [0.1, 0.15) is 24.5 Å². The number of sulfonamides is 1. The van der Waals surface area contributed by atoms with E-state index < -0.39 is 28.5 Å². The third-order valence-electron chi connectivity index (χ3n) is 6.16. The molecule has 3 aromatic rings. The zero-order valence-electron chi connectivity index (χ0n) is 21.8. The quantitative estimate of drug-likeness (QED) is 0.377. The lowest BCUT2D eigenvalue weighted by Crippen LogP contribution is -2.51. The highest BCUT2D eigenvalue weighted by atomic mass is 35.5. The molecular weight excluding hydrogens is 526 g/mol. The SMILES string of the molecule is CC[C@@H](C(=O)NC)N(Cc1ccccc1Cl)C(=O)CN(c1cccc(OC)c1)S(=O)(=O)c1ccc(C)cc1. The molecule has 0 aromatic heterocycles. The highest BCUT2D eigenvalue weighted by Crippen LogP contribution is 2.28. The zero-order chi connectivity index (χ0) is 27.9. The molecule has 0 saturated heterocycles. The zero-order valence-corrected chi connectivity index (χ0v) is 23.4. The number of nitrogens with one attached hydrogen (secondary N) is 1. The second-order valence-corrected chi connectivity index (χ2v) is 10.9. The average molecular weight is 558 g/mol. The predicted molar refractivity (Wildman–Crippen MR) is 149 cm³/mol. The minimum Gasteiger partial charge on any atom is -0.497 e. The molecule has 8 nitrogen and oxygen atoms in total. The van der Waals surface area contributed by atoms with E-state index in [2.05, 4.69) is 5.32 Å². The average Bonchev–Trinajstić information content (AvgIpc) is 2.92. The number of rotatable bonds is 11. The number of hydrogen-bond donors (Lipinski definition) is 1. The number of nitrogens with zero attached hydrogens (tertiary/aromatic N) is 2. The first-order chi connectivity index (χ1) is 18.1. The van der Waals surface area contributed by atoms with Gasteiger partial charge in [-0.05, 0) is 49.2 Å². The first-order valence-electron chi connectivity index (χ1n) is 12.1. The van der Waals surface area contributed by atoms with Crippen LogP contribution < -0.4 is 14.4 Å². The van der Waals surface area contributed by atoms with Crippen LogP contribution in [0.15, 0.2) is 77.7 Å². The van der Waals surface area contributed by atoms with Crippen LogP contribution in [-0.2, 0) is 26.2 Å². The molecule has 2 amide bonds. The van der Waals surface area contributed by atoms with E-state index in [1.165, 1.54) is 31.2 Å². The summed E-state index contributed by atoms with van der Waals surface area (Å²) < 4.78 is 34.1. The smallest absolute Gasteiger partial charge is 0.264 e. The van der Waals surface area contributed by atoms with Crippen LogP contribution in [0, 0.1) is 6.92 Å². The topological polar surface area (TPSA) is 96.0 Å². The number of ether oxygens (including phenoxy) is 1. The van der Waals surface area contributed by atoms with Gasteiger partial charge in [-0.3, -0.25) is 13.9 Å². The molecule has 3 rings (SSSR count). The van der Waals surface area contributed by atoms with E-state index in [-0.39, 0.29) is 23.0 Å². The summed E-state index contributed by atoms with van der Waals surface area (Å²) >= 11 is 6.38. The highest BCUT2D eigenvalue weighted by molar-refractivity contribution is 7.92. The molecule has 0 aliphatic carbocycles. The molecule has 0 unspecified atom stereocenters. The van der Waals surface area contributed by atoms with Crippen LogP contribution in [0.25, 0.3) is 0 Å². The number of hydrogen-bond acceptors (Lipinski definition) is 5. The van der Waals surface area contributed by atoms with Crippen LogP contribution in [0.5, 0.6) is 5.75 Å². The Morgan fingerprint density at radius 3 is 2.32 bits per heavy atom. The fourth-order valence-corrected chi connectivity index (χ4v) is 5.63. The van der Waals surface area contributed by atoms with Crippen molar-refractivity contribution in [3.8, 4) is 5.75 Å². The largest absolute Gasteiger partial charge is 0.497 e. The number of carbonyl (C=O) groups excluding carboxylic acids is 2. The number of benzene rings is 3. The number of likely N-dealkylation sites (N-methyl/N-ethyl adjacent to an activating group) is 1.